The van der Waals surface area contributed by atoms with Gasteiger partial charge in [-0.25, -0.2) is 9.37 Å². The molecule has 0 bridgehead atoms. The first kappa shape index (κ1) is 25.9. The maximum Gasteiger partial charge on any atom is 0.123 e. The van der Waals surface area contributed by atoms with E-state index in [2.05, 4.69) is 132 Å². The van der Waals surface area contributed by atoms with Gasteiger partial charge in [-0.3, -0.25) is 0 Å². The van der Waals surface area contributed by atoms with Crippen molar-refractivity contribution < 1.29 is 4.39 Å². The molecule has 0 N–H and O–H groups in total. The molecule has 0 unspecified atom stereocenters. The van der Waals surface area contributed by atoms with Crippen molar-refractivity contribution in [3.8, 4) is 22.4 Å². The summed E-state index contributed by atoms with van der Waals surface area (Å²) >= 11 is 0. The minimum absolute atomic E-state index is 0.265. The number of nitrogens with zero attached hydrogens (tertiary/aromatic N) is 3. The Kier molecular flexibility index (Phi) is 6.20. The number of hydrogen-bond acceptors (Lipinski definition) is 3. The minimum Gasteiger partial charge on any atom is -0.306 e. The molecule has 1 aromatic heterocycles. The largest absolute Gasteiger partial charge is 0.306 e. The molecule has 1 aliphatic heterocycles. The third kappa shape index (κ3) is 4.23. The third-order valence-corrected chi connectivity index (χ3v) is 8.35. The molecule has 0 amide bonds. The average Bonchev–Trinajstić information content (AvgIpc) is 3.08. The van der Waals surface area contributed by atoms with Crippen LogP contribution in [0.3, 0.4) is 0 Å². The number of benzene rings is 6. The Balaban J connectivity index is 1.44. The highest BCUT2D eigenvalue weighted by atomic mass is 19.1. The molecule has 3 nitrogen and oxygen atoms in total. The zero-order valence-electron chi connectivity index (χ0n) is 24.2. The lowest BCUT2D eigenvalue weighted by Gasteiger charge is -2.40. The fourth-order valence-corrected chi connectivity index (χ4v) is 6.35. The molecule has 210 valence electrons. The molecule has 0 spiro atoms. The van der Waals surface area contributed by atoms with E-state index >= 15 is 0 Å². The molecule has 2 heterocycles. The predicted molar refractivity (Wildman–Crippen MR) is 180 cm³/mol. The Labute approximate surface area is 256 Å². The van der Waals surface area contributed by atoms with Crippen LogP contribution in [0, 0.1) is 12.7 Å². The minimum atomic E-state index is -0.265. The van der Waals surface area contributed by atoms with E-state index in [4.69, 9.17) is 4.98 Å². The lowest BCUT2D eigenvalue weighted by atomic mass is 9.94. The van der Waals surface area contributed by atoms with Crippen LogP contribution in [0.1, 0.15) is 5.56 Å². The van der Waals surface area contributed by atoms with E-state index in [-0.39, 0.29) is 5.82 Å². The summed E-state index contributed by atoms with van der Waals surface area (Å²) in [6.07, 6.45) is 0. The highest BCUT2D eigenvalue weighted by Crippen LogP contribution is 2.55. The van der Waals surface area contributed by atoms with Crippen LogP contribution in [0.4, 0.5) is 38.5 Å². The summed E-state index contributed by atoms with van der Waals surface area (Å²) in [5.41, 5.74) is 12.3. The van der Waals surface area contributed by atoms with Gasteiger partial charge in [-0.15, -0.1) is 0 Å². The van der Waals surface area contributed by atoms with Crippen LogP contribution in [0.2, 0.25) is 0 Å². The van der Waals surface area contributed by atoms with Crippen LogP contribution < -0.4 is 9.80 Å². The second kappa shape index (κ2) is 10.5. The summed E-state index contributed by atoms with van der Waals surface area (Å²) < 4.78 is 14.0. The van der Waals surface area contributed by atoms with Crippen molar-refractivity contribution >= 4 is 45.0 Å². The Hall–Kier alpha value is -5.74. The molecule has 6 aromatic carbocycles. The van der Waals surface area contributed by atoms with E-state index in [0.29, 0.717) is 0 Å². The Bertz CT molecular complexity index is 2090. The molecular formula is C40H28FN3. The second-order valence-electron chi connectivity index (χ2n) is 11.0. The highest BCUT2D eigenvalue weighted by molar-refractivity contribution is 6.10. The maximum atomic E-state index is 14.0. The zero-order chi connectivity index (χ0) is 29.6. The molecule has 1 aliphatic rings. The molecule has 8 rings (SSSR count). The summed E-state index contributed by atoms with van der Waals surface area (Å²) in [7, 11) is 0. The molecule has 44 heavy (non-hydrogen) atoms. The topological polar surface area (TPSA) is 19.4 Å². The van der Waals surface area contributed by atoms with E-state index in [0.717, 1.165) is 73.0 Å². The van der Waals surface area contributed by atoms with Crippen LogP contribution in [0.15, 0.2) is 152 Å². The fourth-order valence-electron chi connectivity index (χ4n) is 6.35. The fraction of sp³-hybridized carbons (Fsp3) is 0.0250. The molecule has 4 heteroatoms. The van der Waals surface area contributed by atoms with Crippen molar-refractivity contribution in [2.45, 2.75) is 6.92 Å². The summed E-state index contributed by atoms with van der Waals surface area (Å²) in [6.45, 7) is 2.15. The van der Waals surface area contributed by atoms with Crippen molar-refractivity contribution in [2.24, 2.45) is 0 Å². The van der Waals surface area contributed by atoms with Gasteiger partial charge in [0.1, 0.15) is 5.82 Å². The highest BCUT2D eigenvalue weighted by Gasteiger charge is 2.31. The van der Waals surface area contributed by atoms with Crippen LogP contribution in [0.25, 0.3) is 33.3 Å². The quantitative estimate of drug-likeness (QED) is 0.210. The standard InChI is InChI=1S/C40H28FN3/c1-27-20-25-38(40-39(27)32(28-12-4-2-5-13-28)26-33(42-40)29-21-23-30(41)24-22-29)44-36-18-10-8-16-34(36)43(31-14-6-3-7-15-31)35-17-9-11-19-37(35)44/h2-26H,1H3. The van der Waals surface area contributed by atoms with Crippen molar-refractivity contribution in [3.05, 3.63) is 163 Å². The molecule has 0 radical (unpaired) electrons. The van der Waals surface area contributed by atoms with Gasteiger partial charge in [0.05, 0.1) is 39.6 Å². The molecule has 0 aliphatic carbocycles. The predicted octanol–water partition coefficient (Wildman–Crippen LogP) is 11.3. The number of fused-ring (bicyclic) bond motifs is 3. The normalized spacial score (nSPS) is 12.2. The summed E-state index contributed by atoms with van der Waals surface area (Å²) in [5.74, 6) is -0.265. The monoisotopic (exact) mass is 569 g/mol. The number of aryl methyl sites for hydroxylation is 1. The van der Waals surface area contributed by atoms with E-state index in [9.17, 15) is 4.39 Å². The Morgan fingerprint density at radius 3 is 1.66 bits per heavy atom. The number of pyridine rings is 1. The van der Waals surface area contributed by atoms with Crippen molar-refractivity contribution in [1.82, 2.24) is 4.98 Å². The van der Waals surface area contributed by atoms with E-state index in [1.165, 1.54) is 12.1 Å². The molecular weight excluding hydrogens is 541 g/mol. The van der Waals surface area contributed by atoms with E-state index in [1.807, 2.05) is 12.1 Å². The van der Waals surface area contributed by atoms with Crippen LogP contribution in [-0.4, -0.2) is 4.98 Å². The zero-order valence-corrected chi connectivity index (χ0v) is 24.2. The van der Waals surface area contributed by atoms with Gasteiger partial charge in [-0.05, 0) is 96.4 Å². The van der Waals surface area contributed by atoms with Gasteiger partial charge in [-0.2, -0.15) is 0 Å². The number of hydrogen-bond donors (Lipinski definition) is 0. The number of rotatable bonds is 4. The van der Waals surface area contributed by atoms with Crippen molar-refractivity contribution in [2.75, 3.05) is 9.80 Å². The molecule has 0 atom stereocenters. The van der Waals surface area contributed by atoms with Crippen molar-refractivity contribution in [1.29, 1.82) is 0 Å². The second-order valence-corrected chi connectivity index (χ2v) is 11.0. The van der Waals surface area contributed by atoms with Crippen LogP contribution >= 0.6 is 0 Å². The molecule has 0 fully saturated rings. The lowest BCUT2D eigenvalue weighted by molar-refractivity contribution is 0.628. The van der Waals surface area contributed by atoms with Crippen LogP contribution in [0.5, 0.6) is 0 Å². The summed E-state index contributed by atoms with van der Waals surface area (Å²) in [5, 5.41) is 1.10. The number of anilines is 6. The van der Waals surface area contributed by atoms with E-state index < -0.39 is 0 Å². The molecule has 0 saturated heterocycles. The third-order valence-electron chi connectivity index (χ3n) is 8.35. The van der Waals surface area contributed by atoms with Crippen molar-refractivity contribution in [3.63, 3.8) is 0 Å². The number of aromatic nitrogens is 1. The lowest BCUT2D eigenvalue weighted by Crippen LogP contribution is -2.24. The number of halogens is 1. The number of para-hydroxylation sites is 5. The van der Waals surface area contributed by atoms with Crippen LogP contribution in [-0.2, 0) is 0 Å². The van der Waals surface area contributed by atoms with E-state index in [1.54, 1.807) is 12.1 Å². The Morgan fingerprint density at radius 1 is 0.500 bits per heavy atom. The maximum absolute atomic E-state index is 14.0. The van der Waals surface area contributed by atoms with Gasteiger partial charge in [0.15, 0.2) is 0 Å². The molecule has 0 saturated carbocycles. The Morgan fingerprint density at radius 2 is 1.05 bits per heavy atom. The first-order valence-electron chi connectivity index (χ1n) is 14.8. The SMILES string of the molecule is Cc1ccc(N2c3ccccc3N(c3ccccc3)c3ccccc32)c2nc(-c3ccc(F)cc3)cc(-c3ccccc3)c12. The van der Waals surface area contributed by atoms with Gasteiger partial charge in [0.2, 0.25) is 0 Å². The van der Waals surface area contributed by atoms with Gasteiger partial charge in [-0.1, -0.05) is 78.9 Å². The summed E-state index contributed by atoms with van der Waals surface area (Å²) in [4.78, 5) is 10.0. The van der Waals surface area contributed by atoms with Gasteiger partial charge >= 0.3 is 0 Å². The first-order valence-corrected chi connectivity index (χ1v) is 14.8. The first-order chi connectivity index (χ1) is 21.7. The summed E-state index contributed by atoms with van der Waals surface area (Å²) in [6, 6.07) is 51.1. The van der Waals surface area contributed by atoms with Gasteiger partial charge < -0.3 is 9.80 Å². The average molecular weight is 570 g/mol. The van der Waals surface area contributed by atoms with Gasteiger partial charge in [0.25, 0.3) is 0 Å². The molecule has 7 aromatic rings. The smallest absolute Gasteiger partial charge is 0.123 e. The van der Waals surface area contributed by atoms with Gasteiger partial charge in [0, 0.05) is 16.6 Å².